The van der Waals surface area contributed by atoms with Crippen molar-refractivity contribution in [1.29, 1.82) is 0 Å². The maximum atomic E-state index is 13.6. The first-order chi connectivity index (χ1) is 15.3. The van der Waals surface area contributed by atoms with E-state index in [2.05, 4.69) is 5.29 Å². The Bertz CT molecular complexity index is 1200. The van der Waals surface area contributed by atoms with Crippen molar-refractivity contribution in [3.63, 3.8) is 0 Å². The van der Waals surface area contributed by atoms with Crippen molar-refractivity contribution in [2.45, 2.75) is 30.6 Å². The molecule has 0 unspecified atom stereocenters. The summed E-state index contributed by atoms with van der Waals surface area (Å²) in [5.41, 5.74) is -1.36. The Morgan fingerprint density at radius 1 is 1.21 bits per heavy atom. The Labute approximate surface area is 186 Å². The average Bonchev–Trinajstić information content (AvgIpc) is 2.74. The molecule has 1 amide bonds. The number of carbonyl (C=O) groups is 3. The van der Waals surface area contributed by atoms with Gasteiger partial charge in [0.1, 0.15) is 28.9 Å². The molecule has 174 valence electrons. The fourth-order valence-corrected chi connectivity index (χ4v) is 5.39. The number of aromatic hydroxyl groups is 1. The van der Waals surface area contributed by atoms with E-state index in [1.54, 1.807) is 0 Å². The van der Waals surface area contributed by atoms with E-state index in [0.29, 0.717) is 5.01 Å². The average molecular weight is 459 g/mol. The number of ketones is 2. The summed E-state index contributed by atoms with van der Waals surface area (Å²) in [5.74, 6) is -9.15. The molecular formula is C21H21N3O9. The van der Waals surface area contributed by atoms with Crippen molar-refractivity contribution < 1.29 is 39.9 Å². The number of amides is 1. The zero-order valence-corrected chi connectivity index (χ0v) is 17.5. The second kappa shape index (κ2) is 6.86. The van der Waals surface area contributed by atoms with Gasteiger partial charge in [-0.25, -0.2) is 0 Å². The summed E-state index contributed by atoms with van der Waals surface area (Å²) < 4.78 is 0. The smallest absolute Gasteiger partial charge is 0.255 e. The molecule has 1 fully saturated rings. The molecule has 3 aliphatic carbocycles. The van der Waals surface area contributed by atoms with Gasteiger partial charge in [0.15, 0.2) is 11.4 Å². The molecule has 1 aromatic carbocycles. The molecule has 33 heavy (non-hydrogen) atoms. The van der Waals surface area contributed by atoms with Gasteiger partial charge in [-0.1, -0.05) is 12.1 Å². The number of hydrogen-bond donors (Lipinski definition) is 6. The molecule has 0 bridgehead atoms. The summed E-state index contributed by atoms with van der Waals surface area (Å²) in [4.78, 5) is 49.8. The first kappa shape index (κ1) is 22.4. The largest absolute Gasteiger partial charge is 0.508 e. The van der Waals surface area contributed by atoms with E-state index in [-0.39, 0.29) is 11.1 Å². The molecule has 0 radical (unpaired) electrons. The topological polar surface area (TPSA) is 211 Å². The minimum atomic E-state index is -2.94. The lowest BCUT2D eigenvalue weighted by Crippen LogP contribution is -2.66. The van der Waals surface area contributed by atoms with Crippen LogP contribution in [0.1, 0.15) is 24.5 Å². The van der Waals surface area contributed by atoms with Gasteiger partial charge in [0.2, 0.25) is 5.78 Å². The summed E-state index contributed by atoms with van der Waals surface area (Å²) in [6.07, 6.45) is -0.393. The number of phenols is 1. The molecule has 0 heterocycles. The number of benzene rings is 1. The van der Waals surface area contributed by atoms with Gasteiger partial charge >= 0.3 is 0 Å². The van der Waals surface area contributed by atoms with Crippen molar-refractivity contribution in [1.82, 2.24) is 5.01 Å². The molecule has 1 aromatic rings. The van der Waals surface area contributed by atoms with Gasteiger partial charge in [-0.05, 0) is 25.0 Å². The Balaban J connectivity index is 2.05. The van der Waals surface area contributed by atoms with Gasteiger partial charge in [-0.3, -0.25) is 19.4 Å². The zero-order chi connectivity index (χ0) is 24.6. The fraction of sp³-hybridized carbons (Fsp3) is 0.381. The lowest BCUT2D eigenvalue weighted by atomic mass is 9.54. The number of primary amides is 1. The molecule has 7 N–H and O–H groups in total. The third-order valence-corrected chi connectivity index (χ3v) is 7.00. The van der Waals surface area contributed by atoms with Gasteiger partial charge in [-0.15, -0.1) is 4.91 Å². The highest BCUT2D eigenvalue weighted by Gasteiger charge is 2.67. The Hall–Kier alpha value is -3.77. The number of phenolic OH excluding ortho intramolecular Hbond substituents is 1. The first-order valence-corrected chi connectivity index (χ1v) is 9.91. The summed E-state index contributed by atoms with van der Waals surface area (Å²) in [7, 11) is 1.08. The number of hydrogen-bond acceptors (Lipinski definition) is 10. The molecule has 0 spiro atoms. The number of likely N-dealkylation sites (N-methyl/N-ethyl adjacent to an activating group) is 1. The number of nitrogens with two attached hydrogens (primary N) is 1. The van der Waals surface area contributed by atoms with Gasteiger partial charge < -0.3 is 31.3 Å². The molecule has 1 saturated carbocycles. The molecule has 12 nitrogen and oxygen atoms in total. The predicted molar refractivity (Wildman–Crippen MR) is 110 cm³/mol. The molecule has 0 aliphatic heterocycles. The molecule has 4 rings (SSSR count). The quantitative estimate of drug-likeness (QED) is 0.197. The highest BCUT2D eigenvalue weighted by atomic mass is 16.4. The third kappa shape index (κ3) is 2.61. The molecule has 12 heteroatoms. The van der Waals surface area contributed by atoms with E-state index in [1.807, 2.05) is 0 Å². The number of rotatable bonds is 3. The normalized spacial score (nSPS) is 33.3. The number of carbonyl (C=O) groups excluding carboxylic acids is 3. The first-order valence-electron chi connectivity index (χ1n) is 9.91. The number of Topliss-reactive ketones (excluding diaryl/α,β-unsaturated/α-hetero) is 2. The second-order valence-electron chi connectivity index (χ2n) is 8.65. The lowest BCUT2D eigenvalue weighted by Gasteiger charge is -2.52. The maximum Gasteiger partial charge on any atom is 0.255 e. The number of aliphatic hydroxyl groups excluding tert-OH is 2. The van der Waals surface area contributed by atoms with E-state index in [4.69, 9.17) is 5.73 Å². The minimum Gasteiger partial charge on any atom is -0.508 e. The summed E-state index contributed by atoms with van der Waals surface area (Å²) in [6.45, 7) is 1.33. The molecule has 3 aliphatic rings. The van der Waals surface area contributed by atoms with Crippen LogP contribution < -0.4 is 5.73 Å². The van der Waals surface area contributed by atoms with Crippen molar-refractivity contribution in [2.75, 3.05) is 7.05 Å². The summed E-state index contributed by atoms with van der Waals surface area (Å²) in [6, 6.07) is 2.39. The van der Waals surface area contributed by atoms with Crippen molar-refractivity contribution in [2.24, 2.45) is 22.9 Å². The monoisotopic (exact) mass is 459 g/mol. The fourth-order valence-electron chi connectivity index (χ4n) is 5.39. The van der Waals surface area contributed by atoms with E-state index >= 15 is 0 Å². The SMILES string of the molecule is CN(N=O)[C@@H]1C(=O)C(C(N)=O)=C(O)[C@@]2(O)C(=O)C3=C(O)c4c(O)cccc4[C@@](C)(O)[C@H]3C[C@@H]12. The van der Waals surface area contributed by atoms with Gasteiger partial charge in [0.25, 0.3) is 5.91 Å². The van der Waals surface area contributed by atoms with E-state index < -0.39 is 81.4 Å². The van der Waals surface area contributed by atoms with Crippen LogP contribution in [0.15, 0.2) is 40.4 Å². The number of aliphatic hydroxyl groups is 4. The van der Waals surface area contributed by atoms with Gasteiger partial charge in [-0.2, -0.15) is 0 Å². The van der Waals surface area contributed by atoms with Gasteiger partial charge in [0, 0.05) is 24.5 Å². The zero-order valence-electron chi connectivity index (χ0n) is 17.5. The van der Waals surface area contributed by atoms with Crippen LogP contribution in [0.2, 0.25) is 0 Å². The Morgan fingerprint density at radius 3 is 2.42 bits per heavy atom. The highest BCUT2D eigenvalue weighted by Crippen LogP contribution is 2.57. The molecule has 0 aromatic heterocycles. The van der Waals surface area contributed by atoms with Gasteiger partial charge in [0.05, 0.1) is 16.5 Å². The molecular weight excluding hydrogens is 438 g/mol. The van der Waals surface area contributed by atoms with Crippen LogP contribution >= 0.6 is 0 Å². The standard InChI is InChI=1S/C21H21N3O9/c1-20(31)7-4-3-5-10(25)11(7)15(26)12-8(20)6-9-14(24(2)23-33)16(27)13(19(22)30)18(29)21(9,32)17(12)28/h3-5,8-9,14,25-26,29,31-32H,6H2,1-2H3,(H2,22,30)/t8-,9-,14-,20+,21-/m0/s1. The van der Waals surface area contributed by atoms with Crippen LogP contribution in [0.25, 0.3) is 5.76 Å². The van der Waals surface area contributed by atoms with Crippen molar-refractivity contribution in [3.05, 3.63) is 51.1 Å². The van der Waals surface area contributed by atoms with Crippen LogP contribution in [-0.4, -0.2) is 66.7 Å². The number of fused-ring (bicyclic) bond motifs is 3. The molecule has 5 atom stereocenters. The van der Waals surface area contributed by atoms with Crippen molar-refractivity contribution in [3.8, 4) is 5.75 Å². The second-order valence-corrected chi connectivity index (χ2v) is 8.65. The maximum absolute atomic E-state index is 13.6. The number of nitroso groups, excluding NO2 is 1. The van der Waals surface area contributed by atoms with Crippen LogP contribution in [-0.2, 0) is 20.0 Å². The lowest BCUT2D eigenvalue weighted by molar-refractivity contribution is -0.159. The number of nitrogens with zero attached hydrogens (tertiary/aromatic N) is 2. The third-order valence-electron chi connectivity index (χ3n) is 7.00. The van der Waals surface area contributed by atoms with Crippen LogP contribution in [0.5, 0.6) is 5.75 Å². The molecule has 0 saturated heterocycles. The summed E-state index contributed by atoms with van der Waals surface area (Å²) in [5, 5.41) is 58.0. The van der Waals surface area contributed by atoms with Crippen LogP contribution in [0.3, 0.4) is 0 Å². The summed E-state index contributed by atoms with van der Waals surface area (Å²) >= 11 is 0. The predicted octanol–water partition coefficient (Wildman–Crippen LogP) is -0.319. The van der Waals surface area contributed by atoms with Crippen LogP contribution in [0.4, 0.5) is 0 Å². The van der Waals surface area contributed by atoms with E-state index in [0.717, 1.165) is 7.05 Å². The highest BCUT2D eigenvalue weighted by molar-refractivity contribution is 6.24. The van der Waals surface area contributed by atoms with Crippen molar-refractivity contribution >= 4 is 23.2 Å². The Morgan fingerprint density at radius 2 is 1.85 bits per heavy atom. The Kier molecular flexibility index (Phi) is 4.66. The minimum absolute atomic E-state index is 0.0881. The van der Waals surface area contributed by atoms with E-state index in [1.165, 1.54) is 25.1 Å². The van der Waals surface area contributed by atoms with Crippen LogP contribution in [0, 0.1) is 16.7 Å². The van der Waals surface area contributed by atoms with E-state index in [9.17, 15) is 44.8 Å².